The molecular weight excluding hydrogens is 350 g/mol. The second kappa shape index (κ2) is 6.86. The molecule has 2 aliphatic rings. The van der Waals surface area contributed by atoms with E-state index >= 15 is 0 Å². The smallest absolute Gasteiger partial charge is 0.318 e. The summed E-state index contributed by atoms with van der Waals surface area (Å²) in [6.45, 7) is 7.09. The molecule has 4 rings (SSSR count). The van der Waals surface area contributed by atoms with Crippen LogP contribution in [0.2, 0.25) is 0 Å². The van der Waals surface area contributed by atoms with Crippen LogP contribution in [0.5, 0.6) is 0 Å². The minimum Gasteiger partial charge on any atom is -0.318 e. The predicted octanol–water partition coefficient (Wildman–Crippen LogP) is 5.21. The number of Topliss-reactive ketones (excluding diaryl/α,β-unsaturated/α-hetero) is 1. The topological polar surface area (TPSA) is 55.7 Å². The lowest BCUT2D eigenvalue weighted by Crippen LogP contribution is -2.29. The van der Waals surface area contributed by atoms with Crippen LogP contribution in [0, 0.1) is 0 Å². The van der Waals surface area contributed by atoms with Gasteiger partial charge in [-0.15, -0.1) is 0 Å². The highest BCUT2D eigenvalue weighted by Crippen LogP contribution is 2.56. The Morgan fingerprint density at radius 2 is 1.82 bits per heavy atom. The highest BCUT2D eigenvalue weighted by Gasteiger charge is 2.44. The molecule has 0 radical (unpaired) electrons. The van der Waals surface area contributed by atoms with Gasteiger partial charge in [-0.1, -0.05) is 53.7 Å². The molecule has 0 amide bonds. The lowest BCUT2D eigenvalue weighted by atomic mass is 9.66. The Hall–Kier alpha value is -3.01. The van der Waals surface area contributed by atoms with Gasteiger partial charge in [0.1, 0.15) is 5.71 Å². The third kappa shape index (κ3) is 2.89. The molecule has 1 saturated carbocycles. The van der Waals surface area contributed by atoms with Crippen LogP contribution in [0.25, 0.3) is 11.1 Å². The van der Waals surface area contributed by atoms with Crippen molar-refractivity contribution in [2.45, 2.75) is 44.9 Å². The second-order valence-electron chi connectivity index (χ2n) is 7.76. The summed E-state index contributed by atoms with van der Waals surface area (Å²) in [6.07, 6.45) is 4.12. The van der Waals surface area contributed by atoms with Crippen molar-refractivity contribution in [2.75, 3.05) is 0 Å². The number of hydrogen-bond donors (Lipinski definition) is 0. The van der Waals surface area contributed by atoms with Crippen LogP contribution in [0.3, 0.4) is 0 Å². The Balaban J connectivity index is 1.81. The van der Waals surface area contributed by atoms with Gasteiger partial charge in [-0.05, 0) is 60.9 Å². The Morgan fingerprint density at radius 3 is 2.57 bits per heavy atom. The van der Waals surface area contributed by atoms with Crippen LogP contribution in [-0.2, 0) is 15.0 Å². The fourth-order valence-electron chi connectivity index (χ4n) is 4.68. The van der Waals surface area contributed by atoms with Gasteiger partial charge in [0, 0.05) is 17.9 Å². The van der Waals surface area contributed by atoms with Crippen molar-refractivity contribution in [3.05, 3.63) is 71.3 Å². The van der Waals surface area contributed by atoms with Crippen molar-refractivity contribution < 1.29 is 14.4 Å². The molecule has 2 aromatic carbocycles. The standard InChI is InChI=1S/C24H23NO3/c1-15-7-6-12-24(14-15)21-9-5-4-8-19(21)20-11-10-18(13-22(20)24)23(27)16(2)25-28-17(3)26/h4-5,8-11,13H,1,6-7,12,14H2,2-3H3/b25-16+. The molecular formula is C24H23NO3. The zero-order valence-corrected chi connectivity index (χ0v) is 16.2. The molecule has 28 heavy (non-hydrogen) atoms. The highest BCUT2D eigenvalue weighted by molar-refractivity contribution is 6.45. The molecule has 0 aliphatic heterocycles. The summed E-state index contributed by atoms with van der Waals surface area (Å²) in [6, 6.07) is 14.4. The zero-order chi connectivity index (χ0) is 19.9. The Morgan fingerprint density at radius 1 is 1.07 bits per heavy atom. The monoisotopic (exact) mass is 373 g/mol. The number of ketones is 1. The molecule has 0 heterocycles. The van der Waals surface area contributed by atoms with E-state index in [2.05, 4.69) is 40.8 Å². The van der Waals surface area contributed by atoms with E-state index < -0.39 is 5.97 Å². The average Bonchev–Trinajstić information content (AvgIpc) is 2.95. The second-order valence-corrected chi connectivity index (χ2v) is 7.76. The van der Waals surface area contributed by atoms with Crippen molar-refractivity contribution in [1.82, 2.24) is 0 Å². The molecule has 1 spiro atoms. The zero-order valence-electron chi connectivity index (χ0n) is 16.2. The largest absolute Gasteiger partial charge is 0.331 e. The molecule has 0 aromatic heterocycles. The number of nitrogens with zero attached hydrogens (tertiary/aromatic N) is 1. The van der Waals surface area contributed by atoms with Gasteiger partial charge in [0.2, 0.25) is 5.78 Å². The van der Waals surface area contributed by atoms with E-state index in [1.165, 1.54) is 34.8 Å². The third-order valence-corrected chi connectivity index (χ3v) is 5.86. The Labute approximate surface area is 164 Å². The van der Waals surface area contributed by atoms with E-state index in [0.717, 1.165) is 25.7 Å². The molecule has 142 valence electrons. The fourth-order valence-corrected chi connectivity index (χ4v) is 4.68. The summed E-state index contributed by atoms with van der Waals surface area (Å²) in [7, 11) is 0. The number of rotatable bonds is 3. The summed E-state index contributed by atoms with van der Waals surface area (Å²) < 4.78 is 0. The van der Waals surface area contributed by atoms with Crippen molar-refractivity contribution in [2.24, 2.45) is 5.16 Å². The number of fused-ring (bicyclic) bond motifs is 5. The Kier molecular flexibility index (Phi) is 4.50. The maximum absolute atomic E-state index is 12.8. The van der Waals surface area contributed by atoms with Crippen molar-refractivity contribution >= 4 is 17.5 Å². The van der Waals surface area contributed by atoms with Gasteiger partial charge in [0.05, 0.1) is 0 Å². The van der Waals surface area contributed by atoms with Gasteiger partial charge in [0.15, 0.2) is 0 Å². The molecule has 1 fully saturated rings. The molecule has 2 aromatic rings. The summed E-state index contributed by atoms with van der Waals surface area (Å²) in [4.78, 5) is 28.4. The Bertz CT molecular complexity index is 1030. The first-order chi connectivity index (χ1) is 13.4. The molecule has 1 unspecified atom stereocenters. The minimum absolute atomic E-state index is 0.113. The van der Waals surface area contributed by atoms with Crippen molar-refractivity contribution in [3.8, 4) is 11.1 Å². The van der Waals surface area contributed by atoms with Crippen molar-refractivity contribution in [3.63, 3.8) is 0 Å². The van der Waals surface area contributed by atoms with Crippen LogP contribution < -0.4 is 0 Å². The lowest BCUT2D eigenvalue weighted by Gasteiger charge is -2.37. The van der Waals surface area contributed by atoms with Gasteiger partial charge in [-0.3, -0.25) is 4.79 Å². The number of carbonyl (C=O) groups is 2. The number of allylic oxidation sites excluding steroid dienone is 1. The predicted molar refractivity (Wildman–Crippen MR) is 109 cm³/mol. The number of oxime groups is 1. The van der Waals surface area contributed by atoms with Crippen LogP contribution in [-0.4, -0.2) is 17.5 Å². The third-order valence-electron chi connectivity index (χ3n) is 5.86. The lowest BCUT2D eigenvalue weighted by molar-refractivity contribution is -0.140. The van der Waals surface area contributed by atoms with Crippen LogP contribution >= 0.6 is 0 Å². The van der Waals surface area contributed by atoms with E-state index in [4.69, 9.17) is 0 Å². The maximum atomic E-state index is 12.8. The quantitative estimate of drug-likeness (QED) is 0.244. The number of hydrogen-bond acceptors (Lipinski definition) is 4. The van der Waals surface area contributed by atoms with E-state index in [9.17, 15) is 9.59 Å². The molecule has 2 aliphatic carbocycles. The number of carbonyl (C=O) groups excluding carboxylic acids is 2. The molecule has 4 nitrogen and oxygen atoms in total. The molecule has 0 bridgehead atoms. The summed E-state index contributed by atoms with van der Waals surface area (Å²) >= 11 is 0. The van der Waals surface area contributed by atoms with Crippen LogP contribution in [0.1, 0.15) is 61.0 Å². The first-order valence-corrected chi connectivity index (χ1v) is 9.60. The van der Waals surface area contributed by atoms with Gasteiger partial charge in [-0.2, -0.15) is 0 Å². The minimum atomic E-state index is -0.545. The molecule has 4 heteroatoms. The van der Waals surface area contributed by atoms with Crippen molar-refractivity contribution in [1.29, 1.82) is 0 Å². The summed E-state index contributed by atoms with van der Waals surface area (Å²) in [5, 5.41) is 3.65. The molecule has 0 N–H and O–H groups in total. The molecule has 1 atom stereocenters. The van der Waals surface area contributed by atoms with Gasteiger partial charge < -0.3 is 4.84 Å². The summed E-state index contributed by atoms with van der Waals surface area (Å²) in [5.74, 6) is -0.777. The SMILES string of the molecule is C=C1CCCC2(C1)c1ccccc1-c1ccc(C(=O)/C(C)=N/OC(C)=O)cc12. The molecule has 0 saturated heterocycles. The van der Waals surface area contributed by atoms with Crippen LogP contribution in [0.4, 0.5) is 0 Å². The van der Waals surface area contributed by atoms with Gasteiger partial charge >= 0.3 is 5.97 Å². The van der Waals surface area contributed by atoms with Gasteiger partial charge in [-0.25, -0.2) is 4.79 Å². The first kappa shape index (κ1) is 18.4. The van der Waals surface area contributed by atoms with Crippen LogP contribution in [0.15, 0.2) is 59.8 Å². The van der Waals surface area contributed by atoms with E-state index in [-0.39, 0.29) is 16.9 Å². The van der Waals surface area contributed by atoms with Gasteiger partial charge in [0.25, 0.3) is 0 Å². The van der Waals surface area contributed by atoms with E-state index in [1.54, 1.807) is 6.92 Å². The normalized spacial score (nSPS) is 20.6. The maximum Gasteiger partial charge on any atom is 0.331 e. The highest BCUT2D eigenvalue weighted by atomic mass is 16.7. The van der Waals surface area contributed by atoms with E-state index in [1.807, 2.05) is 18.2 Å². The average molecular weight is 373 g/mol. The first-order valence-electron chi connectivity index (χ1n) is 9.60. The van der Waals surface area contributed by atoms with E-state index in [0.29, 0.717) is 5.56 Å². The fraction of sp³-hybridized carbons (Fsp3) is 0.292. The summed E-state index contributed by atoms with van der Waals surface area (Å²) in [5.41, 5.74) is 6.84. The number of benzene rings is 2.